The van der Waals surface area contributed by atoms with Crippen LogP contribution in [0.5, 0.6) is 0 Å². The standard InChI is InChI=1S/C37H69NO6/c1-5-6-7-8-9-10-11-12-13-14-15-16-17-18-19-20-21-22-23-24-28-38(29-25-32(2)35(39)40,30-26-33(3)36(41)42)31-27-34(4)37(43)44/h10-11,32-34H,5-9,12-31H2,1-4H3,(H2-,39,40,41,42,43,44)/b11-10+. The maximum absolute atomic E-state index is 11.5. The van der Waals surface area contributed by atoms with E-state index in [-0.39, 0.29) is 0 Å². The van der Waals surface area contributed by atoms with Gasteiger partial charge >= 0.3 is 11.9 Å². The van der Waals surface area contributed by atoms with Crippen LogP contribution in [0.15, 0.2) is 12.2 Å². The van der Waals surface area contributed by atoms with Gasteiger partial charge in [0.15, 0.2) is 0 Å². The van der Waals surface area contributed by atoms with Crippen LogP contribution in [0.1, 0.15) is 163 Å². The maximum atomic E-state index is 11.5. The first kappa shape index (κ1) is 42.1. The Hall–Kier alpha value is -1.89. The van der Waals surface area contributed by atoms with E-state index in [9.17, 15) is 29.7 Å². The third-order valence-electron chi connectivity index (χ3n) is 9.50. The average Bonchev–Trinajstić information content (AvgIpc) is 2.99. The summed E-state index contributed by atoms with van der Waals surface area (Å²) in [5.74, 6) is -4.31. The highest BCUT2D eigenvalue weighted by Crippen LogP contribution is 2.22. The minimum atomic E-state index is -1.07. The van der Waals surface area contributed by atoms with Gasteiger partial charge in [-0.2, -0.15) is 0 Å². The van der Waals surface area contributed by atoms with E-state index >= 15 is 0 Å². The van der Waals surface area contributed by atoms with Crippen molar-refractivity contribution in [3.8, 4) is 0 Å². The summed E-state index contributed by atoms with van der Waals surface area (Å²) >= 11 is 0. The second-order valence-corrected chi connectivity index (χ2v) is 13.7. The van der Waals surface area contributed by atoms with Crippen molar-refractivity contribution >= 4 is 17.9 Å². The van der Waals surface area contributed by atoms with Crippen LogP contribution >= 0.6 is 0 Å². The molecule has 0 radical (unpaired) electrons. The first-order valence-corrected chi connectivity index (χ1v) is 18.2. The summed E-state index contributed by atoms with van der Waals surface area (Å²) in [6, 6.07) is 0. The Labute approximate surface area is 270 Å². The summed E-state index contributed by atoms with van der Waals surface area (Å²) in [5.41, 5.74) is 0. The number of hydrogen-bond donors (Lipinski definition) is 2. The third kappa shape index (κ3) is 23.5. The molecule has 0 aliphatic rings. The van der Waals surface area contributed by atoms with Crippen LogP contribution in [0.2, 0.25) is 0 Å². The Bertz CT molecular complexity index is 707. The fraction of sp³-hybridized carbons (Fsp3) is 0.865. The number of unbranched alkanes of at least 4 members (excludes halogenated alkanes) is 16. The van der Waals surface area contributed by atoms with E-state index in [1.165, 1.54) is 103 Å². The van der Waals surface area contributed by atoms with E-state index in [2.05, 4.69) is 19.1 Å². The Balaban J connectivity index is 4.39. The van der Waals surface area contributed by atoms with E-state index in [4.69, 9.17) is 0 Å². The van der Waals surface area contributed by atoms with Gasteiger partial charge in [0.25, 0.3) is 0 Å². The monoisotopic (exact) mass is 624 g/mol. The molecule has 0 fully saturated rings. The number of nitrogens with zero attached hydrogens (tertiary/aromatic N) is 1. The summed E-state index contributed by atoms with van der Waals surface area (Å²) in [4.78, 5) is 34.4. The SMILES string of the molecule is CCCCCC/C=C/CCCCCCCCCCCCCC[N+](CCC(C)C(=O)[O-])(CCC(C)C(=O)O)CCC(C)C(=O)O. The highest BCUT2D eigenvalue weighted by atomic mass is 16.4. The second kappa shape index (κ2) is 27.4. The summed E-state index contributed by atoms with van der Waals surface area (Å²) in [6.45, 7) is 9.99. The second-order valence-electron chi connectivity index (χ2n) is 13.7. The molecule has 0 bridgehead atoms. The van der Waals surface area contributed by atoms with Crippen molar-refractivity contribution in [1.82, 2.24) is 0 Å². The molecule has 0 spiro atoms. The fourth-order valence-corrected chi connectivity index (χ4v) is 5.84. The number of carboxylic acids is 3. The summed E-state index contributed by atoms with van der Waals surface area (Å²) in [6.07, 6.45) is 29.1. The van der Waals surface area contributed by atoms with E-state index in [0.717, 1.165) is 19.4 Å². The Morgan fingerprint density at radius 2 is 0.886 bits per heavy atom. The minimum absolute atomic E-state index is 0.446. The molecule has 3 atom stereocenters. The lowest BCUT2D eigenvalue weighted by Gasteiger charge is -2.41. The van der Waals surface area contributed by atoms with Gasteiger partial charge in [-0.3, -0.25) is 9.59 Å². The van der Waals surface area contributed by atoms with Gasteiger partial charge in [0.2, 0.25) is 0 Å². The topological polar surface area (TPSA) is 115 Å². The Morgan fingerprint density at radius 1 is 0.545 bits per heavy atom. The minimum Gasteiger partial charge on any atom is -0.550 e. The van der Waals surface area contributed by atoms with Crippen molar-refractivity contribution in [2.45, 2.75) is 163 Å². The largest absolute Gasteiger partial charge is 0.550 e. The van der Waals surface area contributed by atoms with Crippen LogP contribution in [0.25, 0.3) is 0 Å². The average molecular weight is 624 g/mol. The van der Waals surface area contributed by atoms with Gasteiger partial charge in [0.1, 0.15) is 0 Å². The van der Waals surface area contributed by atoms with Gasteiger partial charge in [-0.25, -0.2) is 0 Å². The van der Waals surface area contributed by atoms with Gasteiger partial charge in [-0.15, -0.1) is 0 Å². The summed E-state index contributed by atoms with van der Waals surface area (Å²) in [7, 11) is 0. The van der Waals surface area contributed by atoms with Gasteiger partial charge in [0, 0.05) is 31.1 Å². The summed E-state index contributed by atoms with van der Waals surface area (Å²) < 4.78 is 0.586. The van der Waals surface area contributed by atoms with Gasteiger partial charge in [-0.05, 0) is 38.5 Å². The van der Waals surface area contributed by atoms with E-state index < -0.39 is 35.7 Å². The molecule has 258 valence electrons. The molecule has 0 aromatic heterocycles. The molecule has 0 aromatic rings. The Kier molecular flexibility index (Phi) is 26.2. The molecule has 0 aliphatic carbocycles. The number of carboxylic acid groups (broad SMARTS) is 3. The normalized spacial score (nSPS) is 15.2. The molecule has 0 saturated carbocycles. The van der Waals surface area contributed by atoms with Crippen molar-refractivity contribution in [2.75, 3.05) is 26.2 Å². The molecule has 2 N–H and O–H groups in total. The predicted molar refractivity (Wildman–Crippen MR) is 179 cm³/mol. The van der Waals surface area contributed by atoms with Crippen LogP contribution in [0, 0.1) is 17.8 Å². The molecule has 0 aromatic carbocycles. The molecule has 44 heavy (non-hydrogen) atoms. The highest BCUT2D eigenvalue weighted by Gasteiger charge is 2.30. The Morgan fingerprint density at radius 3 is 1.25 bits per heavy atom. The molecule has 0 rings (SSSR count). The van der Waals surface area contributed by atoms with Crippen LogP contribution in [-0.4, -0.2) is 58.8 Å². The van der Waals surface area contributed by atoms with E-state index in [0.29, 0.717) is 43.4 Å². The third-order valence-corrected chi connectivity index (χ3v) is 9.50. The van der Waals surface area contributed by atoms with Crippen molar-refractivity contribution < 1.29 is 34.2 Å². The number of aliphatic carboxylic acids is 3. The fourth-order valence-electron chi connectivity index (χ4n) is 5.84. The zero-order valence-corrected chi connectivity index (χ0v) is 29.0. The molecule has 0 saturated heterocycles. The molecule has 7 nitrogen and oxygen atoms in total. The molecule has 0 heterocycles. The molecule has 0 aliphatic heterocycles. The van der Waals surface area contributed by atoms with Crippen LogP contribution in [0.3, 0.4) is 0 Å². The van der Waals surface area contributed by atoms with Crippen LogP contribution < -0.4 is 5.11 Å². The number of quaternary nitrogens is 1. The van der Waals surface area contributed by atoms with Gasteiger partial charge in [0.05, 0.1) is 38.0 Å². The predicted octanol–water partition coefficient (Wildman–Crippen LogP) is 8.40. The van der Waals surface area contributed by atoms with Crippen LogP contribution in [-0.2, 0) is 14.4 Å². The number of carbonyl (C=O) groups is 3. The van der Waals surface area contributed by atoms with Crippen molar-refractivity contribution in [3.63, 3.8) is 0 Å². The lowest BCUT2D eigenvalue weighted by Crippen LogP contribution is -2.52. The molecular formula is C37H69NO6. The summed E-state index contributed by atoms with van der Waals surface area (Å²) in [5, 5.41) is 30.3. The highest BCUT2D eigenvalue weighted by molar-refractivity contribution is 5.69. The molecule has 0 amide bonds. The molecule has 3 unspecified atom stereocenters. The van der Waals surface area contributed by atoms with Gasteiger partial charge < -0.3 is 24.6 Å². The maximum Gasteiger partial charge on any atom is 0.306 e. The zero-order valence-electron chi connectivity index (χ0n) is 29.0. The first-order chi connectivity index (χ1) is 21.0. The number of hydrogen-bond acceptors (Lipinski definition) is 4. The number of rotatable bonds is 32. The van der Waals surface area contributed by atoms with Crippen LogP contribution in [0.4, 0.5) is 0 Å². The van der Waals surface area contributed by atoms with Gasteiger partial charge in [-0.1, -0.05) is 117 Å². The van der Waals surface area contributed by atoms with E-state index in [1.54, 1.807) is 20.8 Å². The zero-order chi connectivity index (χ0) is 33.1. The lowest BCUT2D eigenvalue weighted by atomic mass is 10.0. The first-order valence-electron chi connectivity index (χ1n) is 18.2. The van der Waals surface area contributed by atoms with Crippen molar-refractivity contribution in [1.29, 1.82) is 0 Å². The molecule has 7 heteroatoms. The number of carbonyl (C=O) groups excluding carboxylic acids is 1. The quantitative estimate of drug-likeness (QED) is 0.0442. The van der Waals surface area contributed by atoms with Crippen molar-refractivity contribution in [3.05, 3.63) is 12.2 Å². The number of allylic oxidation sites excluding steroid dienone is 2. The van der Waals surface area contributed by atoms with E-state index in [1.807, 2.05) is 0 Å². The molecular weight excluding hydrogens is 554 g/mol. The lowest BCUT2D eigenvalue weighted by molar-refractivity contribution is -0.929. The van der Waals surface area contributed by atoms with Crippen molar-refractivity contribution in [2.24, 2.45) is 17.8 Å². The smallest absolute Gasteiger partial charge is 0.306 e.